The molecule has 2 aliphatic carbocycles. The molecule has 0 bridgehead atoms. The highest BCUT2D eigenvalue weighted by atomic mass is 35.5. The van der Waals surface area contributed by atoms with Crippen LogP contribution >= 0.6 is 23.2 Å². The van der Waals surface area contributed by atoms with E-state index < -0.39 is 10.0 Å². The van der Waals surface area contributed by atoms with Gasteiger partial charge in [0.25, 0.3) is 15.9 Å². The normalized spacial score (nSPS) is 27.7. The van der Waals surface area contributed by atoms with E-state index in [1.54, 1.807) is 34.6 Å². The fourth-order valence-electron chi connectivity index (χ4n) is 5.14. The summed E-state index contributed by atoms with van der Waals surface area (Å²) in [7, 11) is -3.58. The molecule has 0 radical (unpaired) electrons. The lowest BCUT2D eigenvalue weighted by Crippen LogP contribution is -2.39. The molecule has 1 amide bonds. The van der Waals surface area contributed by atoms with Crippen molar-refractivity contribution in [2.45, 2.75) is 24.3 Å². The molecule has 1 N–H and O–H groups in total. The summed E-state index contributed by atoms with van der Waals surface area (Å²) in [5, 5.41) is 3.96. The summed E-state index contributed by atoms with van der Waals surface area (Å²) in [4.78, 5) is 16.8. The molecule has 1 aromatic heterocycles. The Morgan fingerprint density at radius 3 is 2.52 bits per heavy atom. The van der Waals surface area contributed by atoms with Crippen LogP contribution in [0.2, 0.25) is 10.0 Å². The van der Waals surface area contributed by atoms with Crippen LogP contribution in [0.5, 0.6) is 0 Å². The third-order valence-corrected chi connectivity index (χ3v) is 9.31. The predicted octanol–water partition coefficient (Wildman–Crippen LogP) is 3.86. The number of piperidine rings is 1. The molecule has 9 heteroatoms. The second kappa shape index (κ2) is 7.73. The largest absolute Gasteiger partial charge is 0.351 e. The highest BCUT2D eigenvalue weighted by Crippen LogP contribution is 2.67. The predicted molar refractivity (Wildman–Crippen MR) is 119 cm³/mol. The van der Waals surface area contributed by atoms with Crippen LogP contribution < -0.4 is 5.32 Å². The van der Waals surface area contributed by atoms with E-state index in [1.165, 1.54) is 25.1 Å². The summed E-state index contributed by atoms with van der Waals surface area (Å²) in [6.07, 6.45) is 4.97. The van der Waals surface area contributed by atoms with Gasteiger partial charge >= 0.3 is 0 Å². The van der Waals surface area contributed by atoms with Crippen molar-refractivity contribution in [1.29, 1.82) is 0 Å². The van der Waals surface area contributed by atoms with Crippen LogP contribution in [0.25, 0.3) is 0 Å². The number of aromatic nitrogens is 1. The van der Waals surface area contributed by atoms with Crippen molar-refractivity contribution in [1.82, 2.24) is 14.6 Å². The fraction of sp³-hybridized carbons (Fsp3) is 0.455. The van der Waals surface area contributed by atoms with E-state index >= 15 is 0 Å². The molecule has 31 heavy (non-hydrogen) atoms. The zero-order valence-electron chi connectivity index (χ0n) is 16.8. The fourth-order valence-corrected chi connectivity index (χ4v) is 7.06. The molecule has 1 saturated heterocycles. The van der Waals surface area contributed by atoms with Crippen molar-refractivity contribution in [3.8, 4) is 0 Å². The number of hydrogen-bond donors (Lipinski definition) is 1. The van der Waals surface area contributed by atoms with Gasteiger partial charge in [-0.05, 0) is 59.9 Å². The Morgan fingerprint density at radius 1 is 1.16 bits per heavy atom. The molecule has 1 aliphatic heterocycles. The van der Waals surface area contributed by atoms with Gasteiger partial charge in [-0.3, -0.25) is 4.79 Å². The van der Waals surface area contributed by atoms with Gasteiger partial charge in [-0.1, -0.05) is 42.1 Å². The van der Waals surface area contributed by atoms with Gasteiger partial charge in [-0.2, -0.15) is 4.31 Å². The minimum absolute atomic E-state index is 0.0358. The Bertz CT molecular complexity index is 1110. The van der Waals surface area contributed by atoms with Gasteiger partial charge in [0, 0.05) is 30.9 Å². The maximum absolute atomic E-state index is 12.9. The first kappa shape index (κ1) is 21.2. The number of rotatable bonds is 7. The molecule has 3 atom stereocenters. The van der Waals surface area contributed by atoms with Crippen LogP contribution in [0.3, 0.4) is 0 Å². The number of nitrogens with one attached hydrogen (secondary N) is 1. The molecule has 2 aromatic rings. The van der Waals surface area contributed by atoms with Gasteiger partial charge in [0.1, 0.15) is 0 Å². The first-order chi connectivity index (χ1) is 14.8. The van der Waals surface area contributed by atoms with Crippen molar-refractivity contribution < 1.29 is 13.2 Å². The lowest BCUT2D eigenvalue weighted by Gasteiger charge is -2.26. The van der Waals surface area contributed by atoms with Crippen LogP contribution in [0.1, 0.15) is 29.6 Å². The first-order valence-corrected chi connectivity index (χ1v) is 12.7. The molecule has 3 fully saturated rings. The summed E-state index contributed by atoms with van der Waals surface area (Å²) in [6, 6.07) is 9.76. The van der Waals surface area contributed by atoms with Crippen LogP contribution in [0, 0.1) is 23.2 Å². The number of benzene rings is 1. The van der Waals surface area contributed by atoms with E-state index in [9.17, 15) is 13.2 Å². The molecular formula is C22H23Cl2N3O3S. The molecule has 5 rings (SSSR count). The van der Waals surface area contributed by atoms with Crippen molar-refractivity contribution >= 4 is 39.1 Å². The zero-order valence-corrected chi connectivity index (χ0v) is 19.1. The molecule has 1 aromatic carbocycles. The third kappa shape index (κ3) is 3.86. The Labute approximate surface area is 192 Å². The molecule has 164 valence electrons. The summed E-state index contributed by atoms with van der Waals surface area (Å²) in [5.41, 5.74) is 0.365. The molecule has 3 aliphatic rings. The highest BCUT2D eigenvalue weighted by molar-refractivity contribution is 7.89. The number of halogens is 2. The minimum Gasteiger partial charge on any atom is -0.351 e. The summed E-state index contributed by atoms with van der Waals surface area (Å²) >= 11 is 12.1. The molecule has 6 nitrogen and oxygen atoms in total. The highest BCUT2D eigenvalue weighted by Gasteiger charge is 2.69. The molecular weight excluding hydrogens is 457 g/mol. The number of amides is 1. The lowest BCUT2D eigenvalue weighted by molar-refractivity contribution is 0.0937. The van der Waals surface area contributed by atoms with Gasteiger partial charge < -0.3 is 5.32 Å². The van der Waals surface area contributed by atoms with Gasteiger partial charge in [0.15, 0.2) is 5.03 Å². The summed E-state index contributed by atoms with van der Waals surface area (Å²) in [5.74, 6) is 0.974. The second-order valence-electron chi connectivity index (χ2n) is 8.89. The topological polar surface area (TPSA) is 79.4 Å². The summed E-state index contributed by atoms with van der Waals surface area (Å²) in [6.45, 7) is 1.50. The molecule has 0 spiro atoms. The molecule has 1 unspecified atom stereocenters. The standard InChI is InChI=1S/C22H23Cl2N3O3S/c23-15-6-7-16(19(24)9-15)21(28)26-13-22(10-14-4-5-14)17-11-27(12-18(17)22)31(29,30)20-3-1-2-8-25-20/h1-3,6-9,14,17-18H,4-5,10-13H2,(H,26,28)/t17-,18+,22?. The van der Waals surface area contributed by atoms with E-state index in [0.717, 1.165) is 6.42 Å². The van der Waals surface area contributed by atoms with Gasteiger partial charge in [0.05, 0.1) is 10.6 Å². The minimum atomic E-state index is -3.58. The van der Waals surface area contributed by atoms with Crippen molar-refractivity contribution in [2.75, 3.05) is 19.6 Å². The van der Waals surface area contributed by atoms with Gasteiger partial charge in [0.2, 0.25) is 0 Å². The van der Waals surface area contributed by atoms with E-state index in [-0.39, 0.29) is 28.2 Å². The summed E-state index contributed by atoms with van der Waals surface area (Å²) < 4.78 is 27.4. The number of sulfonamides is 1. The smallest absolute Gasteiger partial charge is 0.260 e. The molecule has 2 saturated carbocycles. The third-order valence-electron chi connectivity index (χ3n) is 7.02. The monoisotopic (exact) mass is 479 g/mol. The van der Waals surface area contributed by atoms with Crippen LogP contribution in [0.15, 0.2) is 47.6 Å². The Balaban J connectivity index is 1.28. The number of carbonyl (C=O) groups is 1. The van der Waals surface area contributed by atoms with E-state index in [2.05, 4.69) is 10.3 Å². The van der Waals surface area contributed by atoms with Crippen molar-refractivity contribution in [3.05, 3.63) is 58.2 Å². The Morgan fingerprint density at radius 2 is 1.90 bits per heavy atom. The number of hydrogen-bond acceptors (Lipinski definition) is 4. The first-order valence-electron chi connectivity index (χ1n) is 10.5. The quantitative estimate of drug-likeness (QED) is 0.653. The maximum Gasteiger partial charge on any atom is 0.260 e. The van der Waals surface area contributed by atoms with Crippen LogP contribution in [0.4, 0.5) is 0 Å². The Hall–Kier alpha value is -1.67. The number of nitrogens with zero attached hydrogens (tertiary/aromatic N) is 2. The number of carbonyl (C=O) groups excluding carboxylic acids is 1. The average Bonchev–Trinajstić information content (AvgIpc) is 3.61. The van der Waals surface area contributed by atoms with Crippen LogP contribution in [-0.2, 0) is 10.0 Å². The maximum atomic E-state index is 12.9. The SMILES string of the molecule is O=C(NCC1(CC2CC2)[C@@H]2CN(S(=O)(=O)c3ccccn3)C[C@@H]21)c1ccc(Cl)cc1Cl. The lowest BCUT2D eigenvalue weighted by atomic mass is 9.92. The Kier molecular flexibility index (Phi) is 5.28. The van der Waals surface area contributed by atoms with E-state index in [1.807, 2.05) is 0 Å². The second-order valence-corrected chi connectivity index (χ2v) is 11.6. The molecule has 2 heterocycles. The van der Waals surface area contributed by atoms with Crippen molar-refractivity contribution in [2.24, 2.45) is 23.2 Å². The number of fused-ring (bicyclic) bond motifs is 1. The van der Waals surface area contributed by atoms with E-state index in [0.29, 0.717) is 41.2 Å². The van der Waals surface area contributed by atoms with E-state index in [4.69, 9.17) is 23.2 Å². The number of pyridine rings is 1. The van der Waals surface area contributed by atoms with Crippen molar-refractivity contribution in [3.63, 3.8) is 0 Å². The van der Waals surface area contributed by atoms with Gasteiger partial charge in [-0.15, -0.1) is 0 Å². The van der Waals surface area contributed by atoms with Gasteiger partial charge in [-0.25, -0.2) is 13.4 Å². The van der Waals surface area contributed by atoms with Crippen LogP contribution in [-0.4, -0.2) is 43.2 Å². The average molecular weight is 480 g/mol. The zero-order chi connectivity index (χ0) is 21.8.